The first-order valence-corrected chi connectivity index (χ1v) is 8.55. The lowest BCUT2D eigenvalue weighted by molar-refractivity contribution is -0.145. The summed E-state index contributed by atoms with van der Waals surface area (Å²) >= 11 is 12.0. The van der Waals surface area contributed by atoms with E-state index in [9.17, 15) is 9.59 Å². The number of nitrogens with zero attached hydrogens (tertiary/aromatic N) is 1. The van der Waals surface area contributed by atoms with Gasteiger partial charge in [0.2, 0.25) is 0 Å². The van der Waals surface area contributed by atoms with Gasteiger partial charge >= 0.3 is 12.1 Å². The number of rotatable bonds is 3. The van der Waals surface area contributed by atoms with Crippen LogP contribution in [-0.4, -0.2) is 48.4 Å². The molecular formula is C17H21Cl2NO5. The maximum atomic E-state index is 12.4. The van der Waals surface area contributed by atoms with Crippen LogP contribution in [-0.2, 0) is 14.3 Å². The predicted octanol–water partition coefficient (Wildman–Crippen LogP) is 3.92. The molecule has 138 valence electrons. The number of hydrogen-bond donors (Lipinski definition) is 0. The van der Waals surface area contributed by atoms with Gasteiger partial charge in [-0.3, -0.25) is 4.90 Å². The fourth-order valence-corrected chi connectivity index (χ4v) is 2.97. The number of benzene rings is 1. The van der Waals surface area contributed by atoms with Gasteiger partial charge in [-0.15, -0.1) is 0 Å². The van der Waals surface area contributed by atoms with Crippen LogP contribution < -0.4 is 4.74 Å². The third-order valence-electron chi connectivity index (χ3n) is 3.55. The summed E-state index contributed by atoms with van der Waals surface area (Å²) in [6, 6.07) is 4.10. The number of likely N-dealkylation sites (tertiary alicyclic amines) is 1. The largest absolute Gasteiger partial charge is 0.487 e. The molecule has 8 heteroatoms. The second-order valence-corrected chi connectivity index (χ2v) is 7.57. The van der Waals surface area contributed by atoms with Crippen molar-refractivity contribution in [2.45, 2.75) is 44.9 Å². The van der Waals surface area contributed by atoms with Gasteiger partial charge in [0.05, 0.1) is 18.7 Å². The molecule has 1 aromatic carbocycles. The maximum Gasteiger partial charge on any atom is 0.411 e. The van der Waals surface area contributed by atoms with Gasteiger partial charge in [-0.2, -0.15) is 0 Å². The van der Waals surface area contributed by atoms with Gasteiger partial charge in [0.25, 0.3) is 0 Å². The number of ether oxygens (including phenoxy) is 3. The van der Waals surface area contributed by atoms with Gasteiger partial charge in [-0.1, -0.05) is 23.2 Å². The molecule has 0 aromatic heterocycles. The van der Waals surface area contributed by atoms with Gasteiger partial charge < -0.3 is 14.2 Å². The lowest BCUT2D eigenvalue weighted by atomic mass is 10.2. The third-order valence-corrected chi connectivity index (χ3v) is 4.08. The molecule has 0 saturated carbocycles. The van der Waals surface area contributed by atoms with Crippen LogP contribution in [0.25, 0.3) is 0 Å². The minimum atomic E-state index is -0.768. The summed E-state index contributed by atoms with van der Waals surface area (Å²) in [7, 11) is 1.28. The van der Waals surface area contributed by atoms with Gasteiger partial charge in [0.15, 0.2) is 0 Å². The van der Waals surface area contributed by atoms with E-state index in [1.165, 1.54) is 12.0 Å². The number of hydrogen-bond acceptors (Lipinski definition) is 5. The van der Waals surface area contributed by atoms with E-state index in [0.29, 0.717) is 15.8 Å². The standard InChI is InChI=1S/C17H21Cl2NO5/c1-17(2,3)25-16(22)20-9-11(8-13(20)15(21)23-4)24-14-6-5-10(18)7-12(14)19/h5-7,11,13H,8-9H2,1-4H3/t11-,13-/m1/s1. The van der Waals surface area contributed by atoms with E-state index >= 15 is 0 Å². The molecule has 6 nitrogen and oxygen atoms in total. The fraction of sp³-hybridized carbons (Fsp3) is 0.529. The van der Waals surface area contributed by atoms with Crippen molar-refractivity contribution in [3.05, 3.63) is 28.2 Å². The Morgan fingerprint density at radius 1 is 1.24 bits per heavy atom. The van der Waals surface area contributed by atoms with Crippen molar-refractivity contribution in [3.63, 3.8) is 0 Å². The molecule has 1 fully saturated rings. The highest BCUT2D eigenvalue weighted by Crippen LogP contribution is 2.31. The van der Waals surface area contributed by atoms with Gasteiger partial charge in [-0.05, 0) is 39.0 Å². The van der Waals surface area contributed by atoms with Crippen molar-refractivity contribution in [2.24, 2.45) is 0 Å². The first-order chi connectivity index (χ1) is 11.6. The van der Waals surface area contributed by atoms with Gasteiger partial charge in [0.1, 0.15) is 23.5 Å². The van der Waals surface area contributed by atoms with Crippen molar-refractivity contribution in [2.75, 3.05) is 13.7 Å². The van der Waals surface area contributed by atoms with E-state index in [1.54, 1.807) is 39.0 Å². The van der Waals surface area contributed by atoms with Crippen LogP contribution in [0.15, 0.2) is 18.2 Å². The molecule has 1 saturated heterocycles. The SMILES string of the molecule is COC(=O)[C@H]1C[C@@H](Oc2ccc(Cl)cc2Cl)CN1C(=O)OC(C)(C)C. The zero-order valence-electron chi connectivity index (χ0n) is 14.5. The molecule has 2 rings (SSSR count). The van der Waals surface area contributed by atoms with Crippen LogP contribution in [0.5, 0.6) is 5.75 Å². The van der Waals surface area contributed by atoms with Crippen LogP contribution in [0.3, 0.4) is 0 Å². The average molecular weight is 390 g/mol. The highest BCUT2D eigenvalue weighted by molar-refractivity contribution is 6.35. The minimum absolute atomic E-state index is 0.188. The van der Waals surface area contributed by atoms with E-state index in [0.717, 1.165) is 0 Å². The Morgan fingerprint density at radius 2 is 1.92 bits per heavy atom. The highest BCUT2D eigenvalue weighted by atomic mass is 35.5. The van der Waals surface area contributed by atoms with E-state index in [1.807, 2.05) is 0 Å². The summed E-state index contributed by atoms with van der Waals surface area (Å²) in [5.41, 5.74) is -0.670. The molecule has 25 heavy (non-hydrogen) atoms. The molecule has 0 radical (unpaired) electrons. The normalized spacial score (nSPS) is 20.3. The number of halogens is 2. The number of carbonyl (C=O) groups is 2. The molecule has 1 amide bonds. The molecule has 1 aliphatic rings. The van der Waals surface area contributed by atoms with E-state index in [4.69, 9.17) is 37.4 Å². The molecule has 0 spiro atoms. The van der Waals surface area contributed by atoms with Crippen LogP contribution in [0, 0.1) is 0 Å². The molecule has 0 N–H and O–H groups in total. The second-order valence-electron chi connectivity index (χ2n) is 6.72. The monoisotopic (exact) mass is 389 g/mol. The Hall–Kier alpha value is -1.66. The topological polar surface area (TPSA) is 65.1 Å². The summed E-state index contributed by atoms with van der Waals surface area (Å²) in [6.45, 7) is 5.47. The average Bonchev–Trinajstić information content (AvgIpc) is 2.92. The first-order valence-electron chi connectivity index (χ1n) is 7.80. The van der Waals surface area contributed by atoms with Gasteiger partial charge in [-0.25, -0.2) is 9.59 Å². The van der Waals surface area contributed by atoms with Crippen molar-refractivity contribution < 1.29 is 23.8 Å². The quantitative estimate of drug-likeness (QED) is 0.732. The van der Waals surface area contributed by atoms with Crippen molar-refractivity contribution in [3.8, 4) is 5.75 Å². The number of amides is 1. The van der Waals surface area contributed by atoms with Crippen LogP contribution >= 0.6 is 23.2 Å². The summed E-state index contributed by atoms with van der Waals surface area (Å²) in [6.07, 6.45) is -0.725. The van der Waals surface area contributed by atoms with Crippen LogP contribution in [0.1, 0.15) is 27.2 Å². The number of esters is 1. The van der Waals surface area contributed by atoms with Crippen molar-refractivity contribution >= 4 is 35.3 Å². The Kier molecular flexibility index (Phi) is 6.06. The first kappa shape index (κ1) is 19.7. The highest BCUT2D eigenvalue weighted by Gasteiger charge is 2.43. The molecule has 0 aliphatic carbocycles. The molecule has 1 heterocycles. The molecule has 2 atom stereocenters. The molecule has 0 bridgehead atoms. The lowest BCUT2D eigenvalue weighted by Crippen LogP contribution is -2.44. The molecule has 1 aliphatic heterocycles. The predicted molar refractivity (Wildman–Crippen MR) is 94.2 cm³/mol. The summed E-state index contributed by atoms with van der Waals surface area (Å²) in [4.78, 5) is 25.8. The molecular weight excluding hydrogens is 369 g/mol. The van der Waals surface area contributed by atoms with Crippen molar-refractivity contribution in [1.82, 2.24) is 4.90 Å². The van der Waals surface area contributed by atoms with E-state index in [2.05, 4.69) is 0 Å². The Morgan fingerprint density at radius 3 is 2.48 bits per heavy atom. The number of methoxy groups -OCH3 is 1. The maximum absolute atomic E-state index is 12.4. The zero-order chi connectivity index (χ0) is 18.8. The number of carbonyl (C=O) groups excluding carboxylic acids is 2. The summed E-state index contributed by atoms with van der Waals surface area (Å²) in [5, 5.41) is 0.851. The molecule has 1 aromatic rings. The van der Waals surface area contributed by atoms with E-state index < -0.39 is 29.8 Å². The lowest BCUT2D eigenvalue weighted by Gasteiger charge is -2.27. The van der Waals surface area contributed by atoms with E-state index in [-0.39, 0.29) is 13.0 Å². The third kappa shape index (κ3) is 5.16. The van der Waals surface area contributed by atoms with Crippen molar-refractivity contribution in [1.29, 1.82) is 0 Å². The fourth-order valence-electron chi connectivity index (χ4n) is 2.51. The Balaban J connectivity index is 2.14. The smallest absolute Gasteiger partial charge is 0.411 e. The minimum Gasteiger partial charge on any atom is -0.487 e. The van der Waals surface area contributed by atoms with Crippen LogP contribution in [0.4, 0.5) is 4.79 Å². The molecule has 0 unspecified atom stereocenters. The van der Waals surface area contributed by atoms with Crippen LogP contribution in [0.2, 0.25) is 10.0 Å². The second kappa shape index (κ2) is 7.70. The van der Waals surface area contributed by atoms with Gasteiger partial charge in [0, 0.05) is 11.4 Å². The summed E-state index contributed by atoms with van der Waals surface area (Å²) < 4.78 is 16.0. The summed E-state index contributed by atoms with van der Waals surface area (Å²) in [5.74, 6) is -0.0788. The Bertz CT molecular complexity index is 659. The zero-order valence-corrected chi connectivity index (χ0v) is 16.1. The Labute approximate surface area is 156 Å².